The van der Waals surface area contributed by atoms with Crippen molar-refractivity contribution in [1.29, 1.82) is 0 Å². The summed E-state index contributed by atoms with van der Waals surface area (Å²) in [6, 6.07) is 5.98. The molecule has 0 fully saturated rings. The molecule has 17 heavy (non-hydrogen) atoms. The molecule has 0 radical (unpaired) electrons. The zero-order chi connectivity index (χ0) is 12.3. The van der Waals surface area contributed by atoms with Crippen LogP contribution in [0.2, 0.25) is 0 Å². The molecule has 92 valence electrons. The predicted molar refractivity (Wildman–Crippen MR) is 66.9 cm³/mol. The molecule has 0 saturated carbocycles. The Morgan fingerprint density at radius 2 is 2.24 bits per heavy atom. The Labute approximate surface area is 101 Å². The molecule has 0 aliphatic heterocycles. The summed E-state index contributed by atoms with van der Waals surface area (Å²) in [6.07, 6.45) is 3.56. The van der Waals surface area contributed by atoms with Gasteiger partial charge in [0.25, 0.3) is 0 Å². The summed E-state index contributed by atoms with van der Waals surface area (Å²) in [7, 11) is 0. The normalized spacial score (nSPS) is 12.9. The van der Waals surface area contributed by atoms with Crippen molar-refractivity contribution in [1.82, 2.24) is 9.78 Å². The number of hydrogen-bond donors (Lipinski definition) is 1. The Bertz CT molecular complexity index is 459. The van der Waals surface area contributed by atoms with Crippen LogP contribution in [0, 0.1) is 0 Å². The van der Waals surface area contributed by atoms with E-state index in [1.807, 2.05) is 16.8 Å². The van der Waals surface area contributed by atoms with Gasteiger partial charge in [-0.25, -0.2) is 0 Å². The maximum Gasteiger partial charge on any atom is 0.129 e. The minimum atomic E-state index is 0.000231. The first-order chi connectivity index (χ1) is 8.30. The van der Waals surface area contributed by atoms with Gasteiger partial charge in [0.2, 0.25) is 0 Å². The van der Waals surface area contributed by atoms with Gasteiger partial charge in [0, 0.05) is 12.2 Å². The number of aromatic nitrogens is 2. The van der Waals surface area contributed by atoms with Crippen LogP contribution in [0.25, 0.3) is 0 Å². The molecule has 1 unspecified atom stereocenters. The molecule has 0 bridgehead atoms. The molecule has 4 heteroatoms. The molecule has 0 saturated heterocycles. The molecule has 0 aliphatic rings. The minimum absolute atomic E-state index is 0.000231. The van der Waals surface area contributed by atoms with Crippen LogP contribution in [-0.2, 0) is 12.8 Å². The lowest BCUT2D eigenvalue weighted by Crippen LogP contribution is -2.22. The third kappa shape index (κ3) is 2.26. The van der Waals surface area contributed by atoms with E-state index >= 15 is 0 Å². The monoisotopic (exact) mass is 233 g/mol. The number of hydrogen-bond acceptors (Lipinski definition) is 3. The second kappa shape index (κ2) is 5.19. The summed E-state index contributed by atoms with van der Waals surface area (Å²) in [5, 5.41) is 4.60. The van der Waals surface area contributed by atoms with Crippen molar-refractivity contribution >= 4 is 0 Å². The highest BCUT2D eigenvalue weighted by atomic mass is 16.3. The van der Waals surface area contributed by atoms with E-state index in [9.17, 15) is 0 Å². The van der Waals surface area contributed by atoms with Crippen molar-refractivity contribution in [3.05, 3.63) is 41.6 Å². The lowest BCUT2D eigenvalue weighted by Gasteiger charge is -2.15. The average Bonchev–Trinajstić information content (AvgIpc) is 2.99. The molecule has 4 nitrogen and oxygen atoms in total. The van der Waals surface area contributed by atoms with Gasteiger partial charge in [0.05, 0.1) is 12.0 Å². The van der Waals surface area contributed by atoms with Crippen molar-refractivity contribution in [2.45, 2.75) is 32.7 Å². The fraction of sp³-hybridized carbons (Fsp3) is 0.462. The second-order valence-corrected chi connectivity index (χ2v) is 4.05. The third-order valence-electron chi connectivity index (χ3n) is 2.98. The molecule has 2 rings (SSSR count). The molecule has 0 aromatic carbocycles. The average molecular weight is 233 g/mol. The molecular formula is C13H19N3O. The van der Waals surface area contributed by atoms with Crippen LogP contribution in [0.4, 0.5) is 0 Å². The number of rotatable bonds is 5. The van der Waals surface area contributed by atoms with Crippen LogP contribution in [0.15, 0.2) is 28.9 Å². The zero-order valence-corrected chi connectivity index (χ0v) is 10.4. The second-order valence-electron chi connectivity index (χ2n) is 4.05. The first kappa shape index (κ1) is 11.9. The van der Waals surface area contributed by atoms with Crippen molar-refractivity contribution in [2.75, 3.05) is 6.54 Å². The Morgan fingerprint density at radius 3 is 2.76 bits per heavy atom. The highest BCUT2D eigenvalue weighted by molar-refractivity contribution is 5.15. The van der Waals surface area contributed by atoms with Crippen LogP contribution in [-0.4, -0.2) is 16.3 Å². The number of nitrogens with zero attached hydrogens (tertiary/aromatic N) is 2. The van der Waals surface area contributed by atoms with Gasteiger partial charge in [-0.1, -0.05) is 13.8 Å². The van der Waals surface area contributed by atoms with Crippen LogP contribution in [0.1, 0.15) is 37.0 Å². The van der Waals surface area contributed by atoms with Crippen molar-refractivity contribution in [3.8, 4) is 0 Å². The van der Waals surface area contributed by atoms with Gasteiger partial charge in [-0.2, -0.15) is 5.10 Å². The van der Waals surface area contributed by atoms with Gasteiger partial charge >= 0.3 is 0 Å². The molecule has 2 aromatic heterocycles. The summed E-state index contributed by atoms with van der Waals surface area (Å²) in [5.41, 5.74) is 8.16. The van der Waals surface area contributed by atoms with Crippen LogP contribution >= 0.6 is 0 Å². The van der Waals surface area contributed by atoms with Gasteiger partial charge < -0.3 is 10.2 Å². The van der Waals surface area contributed by atoms with E-state index in [0.717, 1.165) is 24.3 Å². The van der Waals surface area contributed by atoms with E-state index in [2.05, 4.69) is 25.0 Å². The van der Waals surface area contributed by atoms with Crippen molar-refractivity contribution < 1.29 is 4.42 Å². The Morgan fingerprint density at radius 1 is 1.41 bits per heavy atom. The lowest BCUT2D eigenvalue weighted by molar-refractivity contribution is 0.402. The highest BCUT2D eigenvalue weighted by Crippen LogP contribution is 2.20. The van der Waals surface area contributed by atoms with Crippen LogP contribution in [0.3, 0.4) is 0 Å². The SMILES string of the molecule is CCc1cc(CC)n(C(CN)c2ccco2)n1. The minimum Gasteiger partial charge on any atom is -0.467 e. The number of aryl methyl sites for hydroxylation is 2. The Balaban J connectivity index is 2.39. The summed E-state index contributed by atoms with van der Waals surface area (Å²) >= 11 is 0. The topological polar surface area (TPSA) is 57.0 Å². The van der Waals surface area contributed by atoms with E-state index < -0.39 is 0 Å². The predicted octanol–water partition coefficient (Wildman–Crippen LogP) is 2.15. The first-order valence-electron chi connectivity index (χ1n) is 6.10. The van der Waals surface area contributed by atoms with Gasteiger partial charge in [-0.15, -0.1) is 0 Å². The van der Waals surface area contributed by atoms with Gasteiger partial charge in [-0.05, 0) is 31.0 Å². The van der Waals surface area contributed by atoms with Gasteiger partial charge in [0.15, 0.2) is 0 Å². The smallest absolute Gasteiger partial charge is 0.129 e. The molecule has 0 amide bonds. The van der Waals surface area contributed by atoms with Gasteiger partial charge in [-0.3, -0.25) is 4.68 Å². The van der Waals surface area contributed by atoms with E-state index in [0.29, 0.717) is 6.54 Å². The number of furan rings is 1. The largest absolute Gasteiger partial charge is 0.467 e. The molecule has 2 N–H and O–H groups in total. The van der Waals surface area contributed by atoms with E-state index in [4.69, 9.17) is 10.2 Å². The molecule has 0 aliphatic carbocycles. The Hall–Kier alpha value is -1.55. The zero-order valence-electron chi connectivity index (χ0n) is 10.4. The van der Waals surface area contributed by atoms with Crippen LogP contribution < -0.4 is 5.73 Å². The fourth-order valence-electron chi connectivity index (χ4n) is 2.01. The quantitative estimate of drug-likeness (QED) is 0.860. The van der Waals surface area contributed by atoms with E-state index in [-0.39, 0.29) is 6.04 Å². The van der Waals surface area contributed by atoms with Crippen molar-refractivity contribution in [2.24, 2.45) is 5.73 Å². The summed E-state index contributed by atoms with van der Waals surface area (Å²) in [5.74, 6) is 0.868. The van der Waals surface area contributed by atoms with E-state index in [1.54, 1.807) is 6.26 Å². The maximum atomic E-state index is 5.85. The fourth-order valence-corrected chi connectivity index (χ4v) is 2.01. The Kier molecular flexibility index (Phi) is 3.64. The first-order valence-corrected chi connectivity index (χ1v) is 6.10. The summed E-state index contributed by atoms with van der Waals surface area (Å²) in [4.78, 5) is 0. The van der Waals surface area contributed by atoms with Crippen LogP contribution in [0.5, 0.6) is 0 Å². The standard InChI is InChI=1S/C13H19N3O/c1-3-10-8-11(4-2)16(15-10)12(9-14)13-6-5-7-17-13/h5-8,12H,3-4,9,14H2,1-2H3. The maximum absolute atomic E-state index is 5.85. The lowest BCUT2D eigenvalue weighted by atomic mass is 10.2. The summed E-state index contributed by atoms with van der Waals surface area (Å²) < 4.78 is 7.44. The molecule has 2 heterocycles. The number of nitrogens with two attached hydrogens (primary N) is 1. The molecule has 1 atom stereocenters. The van der Waals surface area contributed by atoms with Crippen molar-refractivity contribution in [3.63, 3.8) is 0 Å². The highest BCUT2D eigenvalue weighted by Gasteiger charge is 2.18. The third-order valence-corrected chi connectivity index (χ3v) is 2.98. The molecule has 2 aromatic rings. The van der Waals surface area contributed by atoms with E-state index in [1.165, 1.54) is 5.69 Å². The molecule has 0 spiro atoms. The van der Waals surface area contributed by atoms with Gasteiger partial charge in [0.1, 0.15) is 11.8 Å². The molecular weight excluding hydrogens is 214 g/mol. The summed E-state index contributed by atoms with van der Waals surface area (Å²) in [6.45, 7) is 4.73.